The number of aromatic amines is 1. The maximum absolute atomic E-state index is 10.7. The van der Waals surface area contributed by atoms with Crippen LogP contribution < -0.4 is 10.6 Å². The second kappa shape index (κ2) is 6.75. The van der Waals surface area contributed by atoms with Crippen molar-refractivity contribution in [2.24, 2.45) is 0 Å². The zero-order chi connectivity index (χ0) is 16.3. The van der Waals surface area contributed by atoms with Crippen LogP contribution in [0.2, 0.25) is 0 Å². The molecule has 0 spiro atoms. The van der Waals surface area contributed by atoms with Gasteiger partial charge in [0.05, 0.1) is 6.04 Å². The molecule has 0 aliphatic carbocycles. The van der Waals surface area contributed by atoms with Crippen molar-refractivity contribution < 1.29 is 25.2 Å². The predicted octanol–water partition coefficient (Wildman–Crippen LogP) is -0.576. The Morgan fingerprint density at radius 3 is 2.64 bits per heavy atom. The van der Waals surface area contributed by atoms with E-state index in [2.05, 4.69) is 15.6 Å². The number of carboxylic acid groups (broad SMARTS) is 1. The van der Waals surface area contributed by atoms with Gasteiger partial charge in [0.15, 0.2) is 6.29 Å². The number of fused-ring (bicyclic) bond motifs is 1. The van der Waals surface area contributed by atoms with Crippen LogP contribution >= 0.6 is 0 Å². The van der Waals surface area contributed by atoms with E-state index in [0.717, 1.165) is 16.5 Å². The van der Waals surface area contributed by atoms with Crippen molar-refractivity contribution in [3.8, 4) is 0 Å². The third kappa shape index (κ3) is 3.55. The molecule has 0 radical (unpaired) electrons. The first-order valence-electron chi connectivity index (χ1n) is 6.73. The van der Waals surface area contributed by atoms with E-state index in [1.54, 1.807) is 31.4 Å². The molecule has 1 unspecified atom stereocenters. The molecule has 22 heavy (non-hydrogen) atoms. The summed E-state index contributed by atoms with van der Waals surface area (Å²) >= 11 is 0. The number of nitrogens with one attached hydrogen (secondary N) is 3. The Morgan fingerprint density at radius 2 is 2.05 bits per heavy atom. The first-order chi connectivity index (χ1) is 10.4. The molecule has 1 heterocycles. The van der Waals surface area contributed by atoms with E-state index in [1.807, 2.05) is 0 Å². The van der Waals surface area contributed by atoms with Crippen LogP contribution in [-0.4, -0.2) is 57.0 Å². The van der Waals surface area contributed by atoms with Crippen LogP contribution in [0.4, 0.5) is 5.69 Å². The van der Waals surface area contributed by atoms with Gasteiger partial charge < -0.3 is 36.0 Å². The molecule has 8 heteroatoms. The second-order valence-corrected chi connectivity index (χ2v) is 4.97. The minimum atomic E-state index is -1.69. The van der Waals surface area contributed by atoms with Crippen LogP contribution in [0, 0.1) is 0 Å². The molecule has 8 nitrogen and oxygen atoms in total. The first kappa shape index (κ1) is 16.2. The number of aliphatic carboxylic acids is 1. The Balaban J connectivity index is 2.27. The van der Waals surface area contributed by atoms with Crippen LogP contribution in [-0.2, 0) is 11.2 Å². The first-order valence-corrected chi connectivity index (χ1v) is 6.73. The highest BCUT2D eigenvalue weighted by Crippen LogP contribution is 2.24. The van der Waals surface area contributed by atoms with Gasteiger partial charge in [-0.1, -0.05) is 0 Å². The average molecular weight is 309 g/mol. The van der Waals surface area contributed by atoms with Gasteiger partial charge in [-0.15, -0.1) is 0 Å². The topological polar surface area (TPSA) is 138 Å². The van der Waals surface area contributed by atoms with Gasteiger partial charge in [0.25, 0.3) is 0 Å². The molecule has 2 atom stereocenters. The summed E-state index contributed by atoms with van der Waals surface area (Å²) in [5, 5.41) is 42.7. The van der Waals surface area contributed by atoms with Gasteiger partial charge in [-0.2, -0.15) is 0 Å². The summed E-state index contributed by atoms with van der Waals surface area (Å²) in [7, 11) is 1.63. The number of carboxylic acids is 1. The number of carbonyl (C=O) groups is 1. The number of aliphatic hydroxyl groups excluding tert-OH is 2. The van der Waals surface area contributed by atoms with E-state index in [0.29, 0.717) is 12.1 Å². The van der Waals surface area contributed by atoms with Gasteiger partial charge in [-0.3, -0.25) is 0 Å². The van der Waals surface area contributed by atoms with E-state index >= 15 is 0 Å². The minimum Gasteiger partial charge on any atom is -0.478 e. The number of aromatic nitrogens is 1. The molecule has 0 bridgehead atoms. The zero-order valence-electron chi connectivity index (χ0n) is 11.9. The smallest absolute Gasteiger partial charge is 0.353 e. The summed E-state index contributed by atoms with van der Waals surface area (Å²) in [6, 6.07) is 4.56. The van der Waals surface area contributed by atoms with Crippen molar-refractivity contribution in [2.75, 3.05) is 12.4 Å². The largest absolute Gasteiger partial charge is 0.478 e. The zero-order valence-corrected chi connectivity index (χ0v) is 11.9. The van der Waals surface area contributed by atoms with Gasteiger partial charge >= 0.3 is 5.97 Å². The van der Waals surface area contributed by atoms with Gasteiger partial charge in [0, 0.05) is 22.8 Å². The summed E-state index contributed by atoms with van der Waals surface area (Å²) in [6.45, 7) is 0. The van der Waals surface area contributed by atoms with Gasteiger partial charge in [-0.25, -0.2) is 4.79 Å². The van der Waals surface area contributed by atoms with Crippen LogP contribution in [0.15, 0.2) is 24.4 Å². The quantitative estimate of drug-likeness (QED) is 0.340. The lowest BCUT2D eigenvalue weighted by Gasteiger charge is -2.17. The van der Waals surface area contributed by atoms with Crippen LogP contribution in [0.3, 0.4) is 0 Å². The number of hydrogen-bond donors (Lipinski definition) is 7. The van der Waals surface area contributed by atoms with Crippen molar-refractivity contribution in [1.82, 2.24) is 10.3 Å². The molecule has 1 aromatic carbocycles. The molecule has 7 N–H and O–H groups in total. The standard InChI is InChI=1S/C14H19N3O5/c1-15-11(13(19)20)4-7-6-16-10-3-2-8(5-9(7)10)17-12(18)14(21)22/h2-3,5-6,11-13,15-20H,4H2,1H3,(H,21,22)/t11-,12?/m0/s1. The van der Waals surface area contributed by atoms with Crippen molar-refractivity contribution in [1.29, 1.82) is 0 Å². The molecule has 0 saturated heterocycles. The molecule has 0 amide bonds. The number of rotatable bonds is 7. The highest BCUT2D eigenvalue weighted by molar-refractivity contribution is 5.87. The maximum atomic E-state index is 10.7. The third-order valence-electron chi connectivity index (χ3n) is 3.48. The Labute approximate surface area is 126 Å². The molecule has 0 aliphatic rings. The van der Waals surface area contributed by atoms with Crippen LogP contribution in [0.1, 0.15) is 5.56 Å². The third-order valence-corrected chi connectivity index (χ3v) is 3.48. The lowest BCUT2D eigenvalue weighted by molar-refractivity contribution is -0.145. The van der Waals surface area contributed by atoms with E-state index in [4.69, 9.17) is 5.11 Å². The highest BCUT2D eigenvalue weighted by atomic mass is 16.5. The van der Waals surface area contributed by atoms with Crippen LogP contribution in [0.25, 0.3) is 10.9 Å². The fourth-order valence-electron chi connectivity index (χ4n) is 2.25. The normalized spacial score (nSPS) is 14.2. The maximum Gasteiger partial charge on any atom is 0.353 e. The van der Waals surface area contributed by atoms with Gasteiger partial charge in [0.1, 0.15) is 0 Å². The molecule has 0 fully saturated rings. The SMILES string of the molecule is CN[C@@H](Cc1c[nH]c2ccc(NC(O)C(=O)O)cc12)C(O)O. The van der Waals surface area contributed by atoms with Gasteiger partial charge in [0.2, 0.25) is 6.23 Å². The Bertz CT molecular complexity index is 655. The number of anilines is 1. The summed E-state index contributed by atoms with van der Waals surface area (Å²) in [5.74, 6) is -1.37. The Hall–Kier alpha value is -2.13. The van der Waals surface area contributed by atoms with Crippen LogP contribution in [0.5, 0.6) is 0 Å². The monoisotopic (exact) mass is 309 g/mol. The number of H-pyrrole nitrogens is 1. The number of benzene rings is 1. The predicted molar refractivity (Wildman–Crippen MR) is 80.3 cm³/mol. The lowest BCUT2D eigenvalue weighted by atomic mass is 10.0. The number of hydrogen-bond acceptors (Lipinski definition) is 6. The molecule has 0 saturated carbocycles. The fourth-order valence-corrected chi connectivity index (χ4v) is 2.25. The fraction of sp³-hybridized carbons (Fsp3) is 0.357. The summed E-state index contributed by atoms with van der Waals surface area (Å²) in [6.07, 6.45) is -1.05. The van der Waals surface area contributed by atoms with Crippen molar-refractivity contribution >= 4 is 22.6 Å². The van der Waals surface area contributed by atoms with E-state index in [-0.39, 0.29) is 0 Å². The van der Waals surface area contributed by atoms with Gasteiger partial charge in [-0.05, 0) is 37.2 Å². The van der Waals surface area contributed by atoms with E-state index < -0.39 is 24.5 Å². The molecular weight excluding hydrogens is 290 g/mol. The number of likely N-dealkylation sites (N-methyl/N-ethyl adjacent to an activating group) is 1. The molecule has 120 valence electrons. The Morgan fingerprint density at radius 1 is 1.32 bits per heavy atom. The molecule has 0 aliphatic heterocycles. The molecule has 1 aromatic heterocycles. The summed E-state index contributed by atoms with van der Waals surface area (Å²) < 4.78 is 0. The number of aliphatic hydroxyl groups is 3. The second-order valence-electron chi connectivity index (χ2n) is 4.97. The van der Waals surface area contributed by atoms with Crippen molar-refractivity contribution in [3.05, 3.63) is 30.0 Å². The lowest BCUT2D eigenvalue weighted by Crippen LogP contribution is -2.39. The highest BCUT2D eigenvalue weighted by Gasteiger charge is 2.18. The van der Waals surface area contributed by atoms with Crippen molar-refractivity contribution in [2.45, 2.75) is 25.0 Å². The molecule has 2 rings (SSSR count). The average Bonchev–Trinajstić information content (AvgIpc) is 2.86. The van der Waals surface area contributed by atoms with E-state index in [9.17, 15) is 20.1 Å². The summed E-state index contributed by atoms with van der Waals surface area (Å²) in [5.41, 5.74) is 2.12. The van der Waals surface area contributed by atoms with Crippen molar-refractivity contribution in [3.63, 3.8) is 0 Å². The molecule has 2 aromatic rings. The summed E-state index contributed by atoms with van der Waals surface area (Å²) in [4.78, 5) is 13.7. The Kier molecular flexibility index (Phi) is 4.99. The van der Waals surface area contributed by atoms with E-state index in [1.165, 1.54) is 0 Å². The molecular formula is C14H19N3O5. The minimum absolute atomic E-state index is 0.374.